The monoisotopic (exact) mass is 318 g/mol. The van der Waals surface area contributed by atoms with Gasteiger partial charge >= 0.3 is 0 Å². The van der Waals surface area contributed by atoms with E-state index >= 15 is 0 Å². The smallest absolute Gasteiger partial charge is 0.104 e. The molecule has 2 unspecified atom stereocenters. The van der Waals surface area contributed by atoms with E-state index in [4.69, 9.17) is 18.9 Å². The van der Waals surface area contributed by atoms with Crippen LogP contribution in [0.15, 0.2) is 0 Å². The number of epoxide rings is 1. The van der Waals surface area contributed by atoms with Gasteiger partial charge in [-0.05, 0) is 6.42 Å². The minimum Gasteiger partial charge on any atom is -0.382 e. The molecule has 126 valence electrons. The van der Waals surface area contributed by atoms with Gasteiger partial charge in [0.25, 0.3) is 0 Å². The SMILES string of the molecule is CC[Si](CC)(CC)CCCOCC(COC)OCC1CO1. The van der Waals surface area contributed by atoms with Crippen molar-refractivity contribution < 1.29 is 18.9 Å². The molecule has 0 aromatic rings. The Balaban J connectivity index is 2.11. The molecular formula is C16H34O4Si. The summed E-state index contributed by atoms with van der Waals surface area (Å²) in [4.78, 5) is 0. The van der Waals surface area contributed by atoms with Crippen LogP contribution in [0.4, 0.5) is 0 Å². The lowest BCUT2D eigenvalue weighted by atomic mass is 10.4. The van der Waals surface area contributed by atoms with Gasteiger partial charge in [0.2, 0.25) is 0 Å². The van der Waals surface area contributed by atoms with Crippen molar-refractivity contribution >= 4 is 8.07 Å². The summed E-state index contributed by atoms with van der Waals surface area (Å²) < 4.78 is 21.9. The van der Waals surface area contributed by atoms with Gasteiger partial charge in [0.05, 0.1) is 34.5 Å². The van der Waals surface area contributed by atoms with Crippen molar-refractivity contribution in [3.05, 3.63) is 0 Å². The quantitative estimate of drug-likeness (QED) is 0.280. The van der Waals surface area contributed by atoms with Crippen molar-refractivity contribution in [3.63, 3.8) is 0 Å². The summed E-state index contributed by atoms with van der Waals surface area (Å²) in [7, 11) is 0.718. The highest BCUT2D eigenvalue weighted by atomic mass is 28.3. The average molecular weight is 319 g/mol. The van der Waals surface area contributed by atoms with E-state index in [0.29, 0.717) is 25.9 Å². The van der Waals surface area contributed by atoms with Crippen LogP contribution in [-0.2, 0) is 18.9 Å². The minimum absolute atomic E-state index is 0.0322. The maximum absolute atomic E-state index is 5.81. The summed E-state index contributed by atoms with van der Waals surface area (Å²) in [6.45, 7) is 10.6. The van der Waals surface area contributed by atoms with Crippen LogP contribution < -0.4 is 0 Å². The first-order valence-electron chi connectivity index (χ1n) is 8.49. The number of ether oxygens (including phenoxy) is 4. The molecule has 0 radical (unpaired) electrons. The molecule has 4 nitrogen and oxygen atoms in total. The van der Waals surface area contributed by atoms with Gasteiger partial charge in [-0.25, -0.2) is 0 Å². The van der Waals surface area contributed by atoms with Gasteiger partial charge in [-0.2, -0.15) is 0 Å². The lowest BCUT2D eigenvalue weighted by Crippen LogP contribution is -2.31. The van der Waals surface area contributed by atoms with Crippen molar-refractivity contribution in [1.82, 2.24) is 0 Å². The van der Waals surface area contributed by atoms with Crippen LogP contribution in [-0.4, -0.2) is 60.4 Å². The molecule has 5 heteroatoms. The van der Waals surface area contributed by atoms with Crippen molar-refractivity contribution in [2.24, 2.45) is 0 Å². The van der Waals surface area contributed by atoms with Gasteiger partial charge in [-0.1, -0.05) is 44.9 Å². The summed E-state index contributed by atoms with van der Waals surface area (Å²) in [5.74, 6) is 0. The molecular weight excluding hydrogens is 284 g/mol. The van der Waals surface area contributed by atoms with Crippen LogP contribution in [0.3, 0.4) is 0 Å². The predicted molar refractivity (Wildman–Crippen MR) is 88.8 cm³/mol. The second-order valence-corrected chi connectivity index (χ2v) is 11.7. The molecule has 0 aromatic carbocycles. The molecule has 21 heavy (non-hydrogen) atoms. The van der Waals surface area contributed by atoms with Gasteiger partial charge in [-0.3, -0.25) is 0 Å². The number of hydrogen-bond donors (Lipinski definition) is 0. The zero-order valence-corrected chi connectivity index (χ0v) is 15.4. The van der Waals surface area contributed by atoms with Crippen LogP contribution in [0.2, 0.25) is 24.2 Å². The molecule has 1 saturated heterocycles. The summed E-state index contributed by atoms with van der Waals surface area (Å²) in [6, 6.07) is 5.59. The normalized spacial score (nSPS) is 19.7. The maximum Gasteiger partial charge on any atom is 0.104 e. The zero-order chi connectivity index (χ0) is 15.6. The number of rotatable bonds is 14. The fraction of sp³-hybridized carbons (Fsp3) is 1.00. The summed E-state index contributed by atoms with van der Waals surface area (Å²) in [5, 5.41) is 0. The largest absolute Gasteiger partial charge is 0.382 e. The standard InChI is InChI=1S/C16H34O4Si/c1-5-21(6-2,7-3)10-8-9-18-12-15(11-17-4)19-13-16-14-20-16/h15-16H,5-14H2,1-4H3. The van der Waals surface area contributed by atoms with Gasteiger partial charge in [0, 0.05) is 13.7 Å². The third-order valence-electron chi connectivity index (χ3n) is 4.82. The molecule has 0 bridgehead atoms. The Hall–Kier alpha value is 0.0569. The first kappa shape index (κ1) is 19.1. The molecule has 1 aliphatic rings. The molecule has 0 saturated carbocycles. The van der Waals surface area contributed by atoms with E-state index in [1.807, 2.05) is 0 Å². The van der Waals surface area contributed by atoms with Crippen molar-refractivity contribution in [2.75, 3.05) is 40.1 Å². The highest BCUT2D eigenvalue weighted by molar-refractivity contribution is 6.79. The molecule has 0 N–H and O–H groups in total. The highest BCUT2D eigenvalue weighted by Gasteiger charge is 2.26. The van der Waals surface area contributed by atoms with Crippen LogP contribution in [0.1, 0.15) is 27.2 Å². The third kappa shape index (κ3) is 7.75. The van der Waals surface area contributed by atoms with Crippen LogP contribution >= 0.6 is 0 Å². The zero-order valence-electron chi connectivity index (χ0n) is 14.4. The highest BCUT2D eigenvalue weighted by Crippen LogP contribution is 2.26. The molecule has 1 fully saturated rings. The van der Waals surface area contributed by atoms with Gasteiger partial charge in [0.1, 0.15) is 12.2 Å². The Morgan fingerprint density at radius 3 is 2.33 bits per heavy atom. The van der Waals surface area contributed by atoms with Crippen LogP contribution in [0.25, 0.3) is 0 Å². The second-order valence-electron chi connectivity index (χ2n) is 6.11. The topological polar surface area (TPSA) is 40.2 Å². The third-order valence-corrected chi connectivity index (χ3v) is 10.7. The number of methoxy groups -OCH3 is 1. The van der Waals surface area contributed by atoms with Gasteiger partial charge < -0.3 is 18.9 Å². The fourth-order valence-electron chi connectivity index (χ4n) is 2.78. The predicted octanol–water partition coefficient (Wildman–Crippen LogP) is 3.33. The molecule has 0 aromatic heterocycles. The van der Waals surface area contributed by atoms with Crippen molar-refractivity contribution in [2.45, 2.75) is 63.6 Å². The molecule has 0 spiro atoms. The van der Waals surface area contributed by atoms with E-state index in [1.165, 1.54) is 30.6 Å². The Labute approximate surface area is 131 Å². The van der Waals surface area contributed by atoms with Crippen LogP contribution in [0, 0.1) is 0 Å². The molecule has 2 atom stereocenters. The van der Waals surface area contributed by atoms with Crippen LogP contribution in [0.5, 0.6) is 0 Å². The molecule has 0 amide bonds. The number of hydrogen-bond acceptors (Lipinski definition) is 4. The van der Waals surface area contributed by atoms with E-state index in [2.05, 4.69) is 20.8 Å². The average Bonchev–Trinajstić information content (AvgIpc) is 3.33. The molecule has 0 aliphatic carbocycles. The van der Waals surface area contributed by atoms with Crippen molar-refractivity contribution in [1.29, 1.82) is 0 Å². The Morgan fingerprint density at radius 1 is 1.14 bits per heavy atom. The Morgan fingerprint density at radius 2 is 1.81 bits per heavy atom. The molecule has 1 heterocycles. The first-order chi connectivity index (χ1) is 10.2. The molecule has 1 aliphatic heterocycles. The maximum atomic E-state index is 5.81. The minimum atomic E-state index is -0.984. The Kier molecular flexibility index (Phi) is 9.76. The van der Waals surface area contributed by atoms with E-state index in [9.17, 15) is 0 Å². The lowest BCUT2D eigenvalue weighted by Gasteiger charge is -2.28. The van der Waals surface area contributed by atoms with Crippen molar-refractivity contribution in [3.8, 4) is 0 Å². The van der Waals surface area contributed by atoms with Gasteiger partial charge in [-0.15, -0.1) is 0 Å². The molecule has 1 rings (SSSR count). The fourth-order valence-corrected chi connectivity index (χ4v) is 6.24. The lowest BCUT2D eigenvalue weighted by molar-refractivity contribution is -0.0545. The van der Waals surface area contributed by atoms with E-state index in [0.717, 1.165) is 13.2 Å². The Bertz CT molecular complexity index is 246. The summed E-state index contributed by atoms with van der Waals surface area (Å²) in [6.07, 6.45) is 1.52. The van der Waals surface area contributed by atoms with E-state index < -0.39 is 8.07 Å². The summed E-state index contributed by atoms with van der Waals surface area (Å²) >= 11 is 0. The van der Waals surface area contributed by atoms with E-state index in [-0.39, 0.29) is 6.10 Å². The van der Waals surface area contributed by atoms with Gasteiger partial charge in [0.15, 0.2) is 0 Å². The second kappa shape index (κ2) is 10.7. The first-order valence-corrected chi connectivity index (χ1v) is 11.3. The summed E-state index contributed by atoms with van der Waals surface area (Å²) in [5.41, 5.74) is 0. The van der Waals surface area contributed by atoms with E-state index in [1.54, 1.807) is 7.11 Å².